The van der Waals surface area contributed by atoms with Crippen molar-refractivity contribution in [2.24, 2.45) is 5.73 Å². The highest BCUT2D eigenvalue weighted by atomic mass is 14.5. The van der Waals surface area contributed by atoms with Gasteiger partial charge in [-0.05, 0) is 36.1 Å². The number of rotatable bonds is 5. The number of aryl methyl sites for hydroxylation is 1. The molecule has 1 nitrogen and oxygen atoms in total. The molecule has 0 aliphatic rings. The predicted molar refractivity (Wildman–Crippen MR) is 77.8 cm³/mol. The van der Waals surface area contributed by atoms with Gasteiger partial charge in [0.25, 0.3) is 0 Å². The fraction of sp³-hybridized carbons (Fsp3) is 0.294. The molecule has 2 N–H and O–H groups in total. The molecule has 2 aromatic rings. The van der Waals surface area contributed by atoms with Crippen molar-refractivity contribution in [1.29, 1.82) is 0 Å². The maximum Gasteiger partial charge on any atom is 0.000157 e. The summed E-state index contributed by atoms with van der Waals surface area (Å²) in [7, 11) is 0. The van der Waals surface area contributed by atoms with Gasteiger partial charge in [-0.2, -0.15) is 0 Å². The van der Waals surface area contributed by atoms with Gasteiger partial charge < -0.3 is 5.73 Å². The lowest BCUT2D eigenvalue weighted by molar-refractivity contribution is 0.694. The number of hydrogen-bond donors (Lipinski definition) is 1. The zero-order valence-corrected chi connectivity index (χ0v) is 11.0. The molecule has 0 aliphatic heterocycles. The van der Waals surface area contributed by atoms with Crippen molar-refractivity contribution in [2.75, 3.05) is 6.54 Å². The lowest BCUT2D eigenvalue weighted by atomic mass is 9.91. The SMILES string of the molecule is CCc1ccc(C(CN)Cc2ccccc2)cc1. The molecule has 1 unspecified atom stereocenters. The molecule has 1 heteroatoms. The summed E-state index contributed by atoms with van der Waals surface area (Å²) < 4.78 is 0. The Hall–Kier alpha value is -1.60. The molecule has 94 valence electrons. The highest BCUT2D eigenvalue weighted by Crippen LogP contribution is 2.20. The van der Waals surface area contributed by atoms with E-state index < -0.39 is 0 Å². The molecule has 0 saturated carbocycles. The largest absolute Gasteiger partial charge is 0.330 e. The summed E-state index contributed by atoms with van der Waals surface area (Å²) in [5, 5.41) is 0. The maximum absolute atomic E-state index is 5.92. The van der Waals surface area contributed by atoms with Crippen LogP contribution >= 0.6 is 0 Å². The lowest BCUT2D eigenvalue weighted by Gasteiger charge is -2.15. The predicted octanol–water partition coefficient (Wildman–Crippen LogP) is 3.53. The Kier molecular flexibility index (Phi) is 4.54. The van der Waals surface area contributed by atoms with Crippen LogP contribution in [0.3, 0.4) is 0 Å². The van der Waals surface area contributed by atoms with Crippen LogP contribution in [0.15, 0.2) is 54.6 Å². The Morgan fingerprint density at radius 2 is 1.56 bits per heavy atom. The minimum atomic E-state index is 0.415. The van der Waals surface area contributed by atoms with Gasteiger partial charge in [0.1, 0.15) is 0 Å². The van der Waals surface area contributed by atoms with E-state index >= 15 is 0 Å². The van der Waals surface area contributed by atoms with Crippen LogP contribution in [0.4, 0.5) is 0 Å². The van der Waals surface area contributed by atoms with Crippen molar-refractivity contribution in [3.63, 3.8) is 0 Å². The molecule has 0 amide bonds. The van der Waals surface area contributed by atoms with E-state index in [2.05, 4.69) is 61.5 Å². The molecule has 0 aliphatic carbocycles. The summed E-state index contributed by atoms with van der Waals surface area (Å²) in [6.07, 6.45) is 2.11. The van der Waals surface area contributed by atoms with Crippen LogP contribution in [-0.4, -0.2) is 6.54 Å². The third-order valence-electron chi connectivity index (χ3n) is 3.47. The van der Waals surface area contributed by atoms with E-state index in [1.54, 1.807) is 0 Å². The summed E-state index contributed by atoms with van der Waals surface area (Å²) in [4.78, 5) is 0. The van der Waals surface area contributed by atoms with Gasteiger partial charge in [0, 0.05) is 5.92 Å². The normalized spacial score (nSPS) is 12.3. The van der Waals surface area contributed by atoms with Crippen molar-refractivity contribution >= 4 is 0 Å². The van der Waals surface area contributed by atoms with Crippen molar-refractivity contribution < 1.29 is 0 Å². The van der Waals surface area contributed by atoms with Crippen molar-refractivity contribution in [1.82, 2.24) is 0 Å². The van der Waals surface area contributed by atoms with Crippen LogP contribution < -0.4 is 5.73 Å². The molecule has 2 rings (SSSR count). The number of nitrogens with two attached hydrogens (primary N) is 1. The summed E-state index contributed by atoms with van der Waals surface area (Å²) in [6.45, 7) is 2.87. The Labute approximate surface area is 110 Å². The van der Waals surface area contributed by atoms with E-state index in [1.165, 1.54) is 16.7 Å². The summed E-state index contributed by atoms with van der Waals surface area (Å²) in [5.41, 5.74) is 10.0. The van der Waals surface area contributed by atoms with Crippen LogP contribution in [-0.2, 0) is 12.8 Å². The molecular weight excluding hydrogens is 218 g/mol. The fourth-order valence-corrected chi connectivity index (χ4v) is 2.26. The smallest absolute Gasteiger partial charge is 0.000157 e. The number of hydrogen-bond acceptors (Lipinski definition) is 1. The minimum Gasteiger partial charge on any atom is -0.330 e. The molecule has 0 aromatic heterocycles. The van der Waals surface area contributed by atoms with Gasteiger partial charge in [0.05, 0.1) is 0 Å². The second-order valence-electron chi connectivity index (χ2n) is 4.72. The lowest BCUT2D eigenvalue weighted by Crippen LogP contribution is -2.15. The van der Waals surface area contributed by atoms with E-state index in [-0.39, 0.29) is 0 Å². The van der Waals surface area contributed by atoms with E-state index in [4.69, 9.17) is 5.73 Å². The third kappa shape index (κ3) is 3.21. The zero-order chi connectivity index (χ0) is 12.8. The quantitative estimate of drug-likeness (QED) is 0.848. The van der Waals surface area contributed by atoms with Crippen molar-refractivity contribution in [3.05, 3.63) is 71.3 Å². The third-order valence-corrected chi connectivity index (χ3v) is 3.47. The Bertz CT molecular complexity index is 459. The number of benzene rings is 2. The minimum absolute atomic E-state index is 0.415. The van der Waals surface area contributed by atoms with Gasteiger partial charge in [0.15, 0.2) is 0 Å². The molecule has 0 bridgehead atoms. The molecule has 0 saturated heterocycles. The first-order valence-electron chi connectivity index (χ1n) is 6.66. The van der Waals surface area contributed by atoms with Crippen molar-refractivity contribution in [2.45, 2.75) is 25.7 Å². The standard InChI is InChI=1S/C17H21N/c1-2-14-8-10-16(11-9-14)17(13-18)12-15-6-4-3-5-7-15/h3-11,17H,2,12-13,18H2,1H3. The van der Waals surface area contributed by atoms with Crippen LogP contribution in [0.1, 0.15) is 29.5 Å². The highest BCUT2D eigenvalue weighted by Gasteiger charge is 2.10. The van der Waals surface area contributed by atoms with Crippen LogP contribution in [0.2, 0.25) is 0 Å². The van der Waals surface area contributed by atoms with E-state index in [9.17, 15) is 0 Å². The topological polar surface area (TPSA) is 26.0 Å². The molecule has 0 spiro atoms. The Balaban J connectivity index is 2.12. The van der Waals surface area contributed by atoms with Gasteiger partial charge in [-0.15, -0.1) is 0 Å². The summed E-state index contributed by atoms with van der Waals surface area (Å²) in [5.74, 6) is 0.415. The van der Waals surface area contributed by atoms with Crippen LogP contribution in [0.5, 0.6) is 0 Å². The Morgan fingerprint density at radius 1 is 0.889 bits per heavy atom. The Morgan fingerprint density at radius 3 is 2.11 bits per heavy atom. The zero-order valence-electron chi connectivity index (χ0n) is 11.0. The monoisotopic (exact) mass is 239 g/mol. The highest BCUT2D eigenvalue weighted by molar-refractivity contribution is 5.28. The molecule has 0 heterocycles. The molecular formula is C17H21N. The first kappa shape index (κ1) is 12.8. The summed E-state index contributed by atoms with van der Waals surface area (Å²) >= 11 is 0. The first-order chi connectivity index (χ1) is 8.83. The molecule has 18 heavy (non-hydrogen) atoms. The average molecular weight is 239 g/mol. The van der Waals surface area contributed by atoms with Gasteiger partial charge in [-0.3, -0.25) is 0 Å². The summed E-state index contributed by atoms with van der Waals surface area (Å²) in [6, 6.07) is 19.4. The fourth-order valence-electron chi connectivity index (χ4n) is 2.26. The van der Waals surface area contributed by atoms with Gasteiger partial charge in [-0.25, -0.2) is 0 Å². The second-order valence-corrected chi connectivity index (χ2v) is 4.72. The van der Waals surface area contributed by atoms with Crippen molar-refractivity contribution in [3.8, 4) is 0 Å². The van der Waals surface area contributed by atoms with E-state index in [0.717, 1.165) is 12.8 Å². The first-order valence-corrected chi connectivity index (χ1v) is 6.66. The van der Waals surface area contributed by atoms with Crippen LogP contribution in [0, 0.1) is 0 Å². The molecule has 0 fully saturated rings. The van der Waals surface area contributed by atoms with E-state index in [1.807, 2.05) is 0 Å². The second kappa shape index (κ2) is 6.36. The molecule has 1 atom stereocenters. The van der Waals surface area contributed by atoms with E-state index in [0.29, 0.717) is 12.5 Å². The van der Waals surface area contributed by atoms with Crippen LogP contribution in [0.25, 0.3) is 0 Å². The molecule has 2 aromatic carbocycles. The molecule has 0 radical (unpaired) electrons. The van der Waals surface area contributed by atoms with Gasteiger partial charge in [0.2, 0.25) is 0 Å². The van der Waals surface area contributed by atoms with Gasteiger partial charge >= 0.3 is 0 Å². The average Bonchev–Trinajstić information content (AvgIpc) is 2.46. The maximum atomic E-state index is 5.92. The van der Waals surface area contributed by atoms with Gasteiger partial charge in [-0.1, -0.05) is 61.5 Å².